The maximum Gasteiger partial charge on any atom is 0.271 e. The predicted molar refractivity (Wildman–Crippen MR) is 103 cm³/mol. The first kappa shape index (κ1) is 19.5. The molecule has 0 radical (unpaired) electrons. The lowest BCUT2D eigenvalue weighted by Gasteiger charge is -2.09. The van der Waals surface area contributed by atoms with Crippen molar-refractivity contribution in [2.75, 3.05) is 12.4 Å². The number of rotatable bonds is 6. The summed E-state index contributed by atoms with van der Waals surface area (Å²) < 4.78 is 5.08. The van der Waals surface area contributed by atoms with Crippen LogP contribution in [0.1, 0.15) is 29.3 Å². The average Bonchev–Trinajstić information content (AvgIpc) is 2.63. The summed E-state index contributed by atoms with van der Waals surface area (Å²) in [5.41, 5.74) is 4.76. The Morgan fingerprint density at radius 3 is 2.65 bits per heavy atom. The molecule has 26 heavy (non-hydrogen) atoms. The van der Waals surface area contributed by atoms with E-state index in [1.165, 1.54) is 7.11 Å². The number of benzene rings is 2. The van der Waals surface area contributed by atoms with Crippen LogP contribution in [-0.4, -0.2) is 24.6 Å². The highest BCUT2D eigenvalue weighted by molar-refractivity contribution is 6.31. The van der Waals surface area contributed by atoms with E-state index >= 15 is 0 Å². The monoisotopic (exact) mass is 373 g/mol. The molecule has 6 nitrogen and oxygen atoms in total. The highest BCUT2D eigenvalue weighted by atomic mass is 35.5. The van der Waals surface area contributed by atoms with E-state index in [-0.39, 0.29) is 18.2 Å². The Morgan fingerprint density at radius 2 is 1.92 bits per heavy atom. The van der Waals surface area contributed by atoms with Crippen molar-refractivity contribution in [1.82, 2.24) is 5.43 Å². The van der Waals surface area contributed by atoms with Crippen LogP contribution >= 0.6 is 11.6 Å². The molecule has 0 bridgehead atoms. The molecular formula is C19H20ClN3O3. The van der Waals surface area contributed by atoms with E-state index < -0.39 is 0 Å². The number of carbonyl (C=O) groups is 2. The zero-order valence-corrected chi connectivity index (χ0v) is 15.6. The van der Waals surface area contributed by atoms with Crippen LogP contribution in [0.15, 0.2) is 47.6 Å². The smallest absolute Gasteiger partial charge is 0.271 e. The SMILES string of the molecule is COc1cccc(C(=O)N/N=C(\C)CC(=O)Nc2cccc(Cl)c2C)c1. The highest BCUT2D eigenvalue weighted by Crippen LogP contribution is 2.23. The number of carbonyl (C=O) groups excluding carboxylic acids is 2. The zero-order valence-electron chi connectivity index (χ0n) is 14.8. The Labute approximate surface area is 157 Å². The maximum absolute atomic E-state index is 12.1. The normalized spacial score (nSPS) is 11.0. The standard InChI is InChI=1S/C19H20ClN3O3/c1-12(10-18(24)21-17-9-5-8-16(20)13(17)2)22-23-19(25)14-6-4-7-15(11-14)26-3/h4-9,11H,10H2,1-3H3,(H,21,24)(H,23,25)/b22-12+. The van der Waals surface area contributed by atoms with Crippen molar-refractivity contribution in [2.24, 2.45) is 5.10 Å². The lowest BCUT2D eigenvalue weighted by atomic mass is 10.2. The lowest BCUT2D eigenvalue weighted by Crippen LogP contribution is -2.21. The number of hydrazone groups is 1. The van der Waals surface area contributed by atoms with Gasteiger partial charge >= 0.3 is 0 Å². The molecule has 0 spiro atoms. The van der Waals surface area contributed by atoms with Gasteiger partial charge < -0.3 is 10.1 Å². The first-order valence-electron chi connectivity index (χ1n) is 7.93. The molecule has 2 rings (SSSR count). The van der Waals surface area contributed by atoms with Gasteiger partial charge in [0.05, 0.1) is 13.5 Å². The molecule has 2 aromatic carbocycles. The van der Waals surface area contributed by atoms with Crippen molar-refractivity contribution in [1.29, 1.82) is 0 Å². The second-order valence-electron chi connectivity index (χ2n) is 5.66. The molecule has 0 aliphatic rings. The van der Waals surface area contributed by atoms with Crippen LogP contribution in [0.5, 0.6) is 5.75 Å². The predicted octanol–water partition coefficient (Wildman–Crippen LogP) is 3.79. The van der Waals surface area contributed by atoms with Gasteiger partial charge in [-0.1, -0.05) is 23.7 Å². The van der Waals surface area contributed by atoms with Gasteiger partial charge in [0.15, 0.2) is 0 Å². The fraction of sp³-hybridized carbons (Fsp3) is 0.211. The van der Waals surface area contributed by atoms with Gasteiger partial charge in [-0.3, -0.25) is 9.59 Å². The number of hydrogen-bond donors (Lipinski definition) is 2. The molecule has 0 aliphatic heterocycles. The van der Waals surface area contributed by atoms with E-state index in [4.69, 9.17) is 16.3 Å². The van der Waals surface area contributed by atoms with Crippen molar-refractivity contribution in [3.05, 3.63) is 58.6 Å². The van der Waals surface area contributed by atoms with Crippen LogP contribution in [0.3, 0.4) is 0 Å². The molecular weight excluding hydrogens is 354 g/mol. The summed E-state index contributed by atoms with van der Waals surface area (Å²) in [7, 11) is 1.53. The largest absolute Gasteiger partial charge is 0.497 e. The Balaban J connectivity index is 1.93. The van der Waals surface area contributed by atoms with Crippen LogP contribution in [0.25, 0.3) is 0 Å². The summed E-state index contributed by atoms with van der Waals surface area (Å²) in [6.45, 7) is 3.49. The molecule has 0 fully saturated rings. The van der Waals surface area contributed by atoms with E-state index in [0.29, 0.717) is 27.7 Å². The minimum atomic E-state index is -0.380. The molecule has 2 N–H and O–H groups in total. The van der Waals surface area contributed by atoms with E-state index in [2.05, 4.69) is 15.8 Å². The van der Waals surface area contributed by atoms with Gasteiger partial charge in [0.2, 0.25) is 5.91 Å². The van der Waals surface area contributed by atoms with Crippen molar-refractivity contribution in [2.45, 2.75) is 20.3 Å². The van der Waals surface area contributed by atoms with E-state index in [0.717, 1.165) is 5.56 Å². The third-order valence-electron chi connectivity index (χ3n) is 3.64. The first-order chi connectivity index (χ1) is 12.4. The number of halogens is 1. The molecule has 0 saturated carbocycles. The van der Waals surface area contributed by atoms with Crippen molar-refractivity contribution in [3.63, 3.8) is 0 Å². The molecule has 2 aromatic rings. The fourth-order valence-corrected chi connectivity index (χ4v) is 2.36. The zero-order chi connectivity index (χ0) is 19.1. The van der Waals surface area contributed by atoms with E-state index in [9.17, 15) is 9.59 Å². The summed E-state index contributed by atoms with van der Waals surface area (Å²) in [6, 6.07) is 12.0. The van der Waals surface area contributed by atoms with Crippen LogP contribution in [0.4, 0.5) is 5.69 Å². The van der Waals surface area contributed by atoms with Gasteiger partial charge in [-0.15, -0.1) is 0 Å². The number of amides is 2. The van der Waals surface area contributed by atoms with Gasteiger partial charge in [-0.25, -0.2) is 5.43 Å². The lowest BCUT2D eigenvalue weighted by molar-refractivity contribution is -0.115. The van der Waals surface area contributed by atoms with Crippen LogP contribution < -0.4 is 15.5 Å². The van der Waals surface area contributed by atoms with Crippen molar-refractivity contribution in [3.8, 4) is 5.75 Å². The van der Waals surface area contributed by atoms with E-state index in [1.54, 1.807) is 49.4 Å². The number of anilines is 1. The molecule has 7 heteroatoms. The summed E-state index contributed by atoms with van der Waals surface area (Å²) >= 11 is 6.04. The van der Waals surface area contributed by atoms with Crippen LogP contribution in [-0.2, 0) is 4.79 Å². The molecule has 0 heterocycles. The Morgan fingerprint density at radius 1 is 1.19 bits per heavy atom. The first-order valence-corrected chi connectivity index (χ1v) is 8.31. The van der Waals surface area contributed by atoms with E-state index in [1.807, 2.05) is 6.92 Å². The number of hydrogen-bond acceptors (Lipinski definition) is 4. The third kappa shape index (κ3) is 5.32. The molecule has 0 unspecified atom stereocenters. The summed E-state index contributed by atoms with van der Waals surface area (Å²) in [5, 5.41) is 7.33. The third-order valence-corrected chi connectivity index (χ3v) is 4.05. The molecule has 0 aromatic heterocycles. The van der Waals surface area contributed by atoms with Crippen molar-refractivity contribution >= 4 is 34.8 Å². The molecule has 2 amide bonds. The quantitative estimate of drug-likeness (QED) is 0.597. The number of ether oxygens (including phenoxy) is 1. The molecule has 0 aliphatic carbocycles. The summed E-state index contributed by atoms with van der Waals surface area (Å²) in [6.07, 6.45) is 0.0460. The van der Waals surface area contributed by atoms with Gasteiger partial charge in [0, 0.05) is 22.0 Å². The Bertz CT molecular complexity index is 850. The highest BCUT2D eigenvalue weighted by Gasteiger charge is 2.09. The summed E-state index contributed by atoms with van der Waals surface area (Å²) in [4.78, 5) is 24.2. The average molecular weight is 374 g/mol. The second kappa shape index (κ2) is 9.01. The molecule has 0 atom stereocenters. The van der Waals surface area contributed by atoms with Gasteiger partial charge in [0.25, 0.3) is 5.91 Å². The molecule has 0 saturated heterocycles. The fourth-order valence-electron chi connectivity index (χ4n) is 2.18. The van der Waals surface area contributed by atoms with Crippen LogP contribution in [0, 0.1) is 6.92 Å². The molecule has 136 valence electrons. The van der Waals surface area contributed by atoms with Gasteiger partial charge in [-0.2, -0.15) is 5.10 Å². The summed E-state index contributed by atoms with van der Waals surface area (Å²) in [5.74, 6) is -0.0452. The van der Waals surface area contributed by atoms with Crippen molar-refractivity contribution < 1.29 is 14.3 Å². The number of nitrogens with zero attached hydrogens (tertiary/aromatic N) is 1. The Kier molecular flexibility index (Phi) is 6.74. The minimum absolute atomic E-state index is 0.0460. The maximum atomic E-state index is 12.1. The topological polar surface area (TPSA) is 79.8 Å². The number of methoxy groups -OCH3 is 1. The van der Waals surface area contributed by atoms with Gasteiger partial charge in [0.1, 0.15) is 5.75 Å². The van der Waals surface area contributed by atoms with Gasteiger partial charge in [-0.05, 0) is 49.7 Å². The minimum Gasteiger partial charge on any atom is -0.497 e. The van der Waals surface area contributed by atoms with Crippen LogP contribution in [0.2, 0.25) is 5.02 Å². The number of nitrogens with one attached hydrogen (secondary N) is 2. The second-order valence-corrected chi connectivity index (χ2v) is 6.06. The Hall–Kier alpha value is -2.86.